The third kappa shape index (κ3) is 17.7. The highest BCUT2D eigenvalue weighted by Gasteiger charge is 1.95. The van der Waals surface area contributed by atoms with Crippen LogP contribution in [0.2, 0.25) is 0 Å². The smallest absolute Gasteiger partial charge is 0.0327 e. The van der Waals surface area contributed by atoms with Gasteiger partial charge in [0, 0.05) is 0 Å². The van der Waals surface area contributed by atoms with E-state index in [2.05, 4.69) is 39.8 Å². The van der Waals surface area contributed by atoms with E-state index in [0.29, 0.717) is 0 Å². The summed E-state index contributed by atoms with van der Waals surface area (Å²) in [5.74, 6) is 1.70. The lowest BCUT2D eigenvalue weighted by atomic mass is 10.0. The minimum atomic E-state index is 0.812. The van der Waals surface area contributed by atoms with E-state index >= 15 is 0 Å². The van der Waals surface area contributed by atoms with E-state index in [4.69, 9.17) is 0 Å². The van der Waals surface area contributed by atoms with Gasteiger partial charge in [0.25, 0.3) is 0 Å². The van der Waals surface area contributed by atoms with E-state index in [1.165, 1.54) is 70.6 Å². The highest BCUT2D eigenvalue weighted by Crippen LogP contribution is 2.13. The van der Waals surface area contributed by atoms with Gasteiger partial charge in [0.2, 0.25) is 0 Å². The van der Waals surface area contributed by atoms with Gasteiger partial charge in [-0.1, -0.05) is 91.2 Å². The Morgan fingerprint density at radius 2 is 1.11 bits per heavy atom. The summed E-state index contributed by atoms with van der Waals surface area (Å²) in [5.41, 5.74) is 0. The molecule has 0 N–H and O–H groups in total. The van der Waals surface area contributed by atoms with Gasteiger partial charge in [-0.3, -0.25) is 0 Å². The lowest BCUT2D eigenvalue weighted by Gasteiger charge is -2.04. The lowest BCUT2D eigenvalue weighted by molar-refractivity contribution is 0.507. The Kier molecular flexibility index (Phi) is 14.0. The molecule has 0 fully saturated rings. The SMILES string of the molecule is CC(C)C/C=C\CCCCCCCCCCC(C)C. The van der Waals surface area contributed by atoms with E-state index in [-0.39, 0.29) is 0 Å². The minimum absolute atomic E-state index is 0.812. The van der Waals surface area contributed by atoms with Crippen LogP contribution in [0.1, 0.15) is 98.3 Å². The first-order valence-electron chi connectivity index (χ1n) is 8.78. The molecular formula is C19H38. The van der Waals surface area contributed by atoms with Crippen LogP contribution in [-0.4, -0.2) is 0 Å². The molecule has 0 atom stereocenters. The molecule has 0 saturated carbocycles. The highest BCUT2D eigenvalue weighted by molar-refractivity contribution is 4.82. The molecular weight excluding hydrogens is 228 g/mol. The number of unbranched alkanes of at least 4 members (excludes halogenated alkanes) is 8. The molecule has 0 saturated heterocycles. The Morgan fingerprint density at radius 1 is 0.579 bits per heavy atom. The summed E-state index contributed by atoms with van der Waals surface area (Å²) in [5, 5.41) is 0. The summed E-state index contributed by atoms with van der Waals surface area (Å²) in [6.07, 6.45) is 20.2. The molecule has 0 spiro atoms. The van der Waals surface area contributed by atoms with Crippen LogP contribution in [0.5, 0.6) is 0 Å². The van der Waals surface area contributed by atoms with Gasteiger partial charge in [-0.2, -0.15) is 0 Å². The fourth-order valence-electron chi connectivity index (χ4n) is 2.36. The van der Waals surface area contributed by atoms with Gasteiger partial charge >= 0.3 is 0 Å². The van der Waals surface area contributed by atoms with E-state index in [9.17, 15) is 0 Å². The number of hydrogen-bond acceptors (Lipinski definition) is 0. The highest BCUT2D eigenvalue weighted by atomic mass is 14.0. The van der Waals surface area contributed by atoms with Crippen LogP contribution >= 0.6 is 0 Å². The van der Waals surface area contributed by atoms with Crippen LogP contribution in [0.15, 0.2) is 12.2 Å². The average molecular weight is 267 g/mol. The van der Waals surface area contributed by atoms with E-state index in [1.54, 1.807) is 0 Å². The van der Waals surface area contributed by atoms with Crippen LogP contribution < -0.4 is 0 Å². The summed E-state index contributed by atoms with van der Waals surface area (Å²) in [7, 11) is 0. The van der Waals surface area contributed by atoms with Gasteiger partial charge in [-0.25, -0.2) is 0 Å². The second kappa shape index (κ2) is 14.2. The predicted molar refractivity (Wildman–Crippen MR) is 89.6 cm³/mol. The summed E-state index contributed by atoms with van der Waals surface area (Å²) in [6.45, 7) is 9.22. The summed E-state index contributed by atoms with van der Waals surface area (Å²) in [6, 6.07) is 0. The molecule has 0 aliphatic carbocycles. The van der Waals surface area contributed by atoms with Crippen molar-refractivity contribution in [2.24, 2.45) is 11.8 Å². The third-order valence-electron chi connectivity index (χ3n) is 3.68. The Hall–Kier alpha value is -0.260. The average Bonchev–Trinajstić information content (AvgIpc) is 2.34. The zero-order valence-electron chi connectivity index (χ0n) is 14.1. The molecule has 0 rings (SSSR count). The van der Waals surface area contributed by atoms with Crippen LogP contribution in [-0.2, 0) is 0 Å². The van der Waals surface area contributed by atoms with Crippen LogP contribution in [0, 0.1) is 11.8 Å². The summed E-state index contributed by atoms with van der Waals surface area (Å²) in [4.78, 5) is 0. The Labute approximate surface area is 123 Å². The zero-order chi connectivity index (χ0) is 14.3. The van der Waals surface area contributed by atoms with E-state index < -0.39 is 0 Å². The first-order valence-corrected chi connectivity index (χ1v) is 8.78. The number of hydrogen-bond donors (Lipinski definition) is 0. The van der Waals surface area contributed by atoms with Crippen molar-refractivity contribution in [1.82, 2.24) is 0 Å². The molecule has 0 aliphatic heterocycles. The fraction of sp³-hybridized carbons (Fsp3) is 0.895. The molecule has 0 unspecified atom stereocenters. The van der Waals surface area contributed by atoms with Gasteiger partial charge in [0.1, 0.15) is 0 Å². The standard InChI is InChI=1S/C19H38/c1-18(2)16-14-12-10-8-6-5-7-9-11-13-15-17-19(3)4/h12,14,18-19H,5-11,13,15-17H2,1-4H3/b14-12-. The molecule has 0 aliphatic rings. The van der Waals surface area contributed by atoms with Crippen molar-refractivity contribution < 1.29 is 0 Å². The number of rotatable bonds is 13. The number of allylic oxidation sites excluding steroid dienone is 2. The van der Waals surface area contributed by atoms with Gasteiger partial charge in [-0.15, -0.1) is 0 Å². The maximum Gasteiger partial charge on any atom is -0.0327 e. The molecule has 0 aromatic carbocycles. The molecule has 0 aromatic rings. The molecule has 0 heteroatoms. The van der Waals surface area contributed by atoms with Crippen LogP contribution in [0.3, 0.4) is 0 Å². The second-order valence-corrected chi connectivity index (χ2v) is 6.90. The summed E-state index contributed by atoms with van der Waals surface area (Å²) >= 11 is 0. The van der Waals surface area contributed by atoms with Gasteiger partial charge in [0.15, 0.2) is 0 Å². The molecule has 114 valence electrons. The van der Waals surface area contributed by atoms with Crippen molar-refractivity contribution in [1.29, 1.82) is 0 Å². The minimum Gasteiger partial charge on any atom is -0.0885 e. The molecule has 0 aromatic heterocycles. The monoisotopic (exact) mass is 266 g/mol. The molecule has 0 bridgehead atoms. The van der Waals surface area contributed by atoms with Gasteiger partial charge in [0.05, 0.1) is 0 Å². The van der Waals surface area contributed by atoms with Crippen molar-refractivity contribution in [3.05, 3.63) is 12.2 Å². The van der Waals surface area contributed by atoms with Crippen LogP contribution in [0.25, 0.3) is 0 Å². The van der Waals surface area contributed by atoms with Crippen molar-refractivity contribution in [2.75, 3.05) is 0 Å². The maximum atomic E-state index is 2.38. The normalized spacial score (nSPS) is 12.1. The fourth-order valence-corrected chi connectivity index (χ4v) is 2.36. The van der Waals surface area contributed by atoms with E-state index in [1.807, 2.05) is 0 Å². The second-order valence-electron chi connectivity index (χ2n) is 6.90. The summed E-state index contributed by atoms with van der Waals surface area (Å²) < 4.78 is 0. The molecule has 19 heavy (non-hydrogen) atoms. The largest absolute Gasteiger partial charge is 0.0885 e. The van der Waals surface area contributed by atoms with Crippen molar-refractivity contribution in [3.8, 4) is 0 Å². The third-order valence-corrected chi connectivity index (χ3v) is 3.68. The Balaban J connectivity index is 3.05. The first kappa shape index (κ1) is 18.7. The lowest BCUT2D eigenvalue weighted by Crippen LogP contribution is -1.87. The topological polar surface area (TPSA) is 0 Å². The van der Waals surface area contributed by atoms with E-state index in [0.717, 1.165) is 11.8 Å². The Morgan fingerprint density at radius 3 is 1.63 bits per heavy atom. The van der Waals surface area contributed by atoms with Crippen molar-refractivity contribution >= 4 is 0 Å². The van der Waals surface area contributed by atoms with Gasteiger partial charge in [-0.05, 0) is 31.1 Å². The first-order chi connectivity index (χ1) is 9.13. The molecule has 0 radical (unpaired) electrons. The Bertz CT molecular complexity index is 188. The van der Waals surface area contributed by atoms with Gasteiger partial charge < -0.3 is 0 Å². The molecule has 0 nitrogen and oxygen atoms in total. The maximum absolute atomic E-state index is 2.38. The zero-order valence-corrected chi connectivity index (χ0v) is 14.1. The van der Waals surface area contributed by atoms with Crippen molar-refractivity contribution in [3.63, 3.8) is 0 Å². The van der Waals surface area contributed by atoms with Crippen LogP contribution in [0.4, 0.5) is 0 Å². The molecule has 0 amide bonds. The quantitative estimate of drug-likeness (QED) is 0.245. The van der Waals surface area contributed by atoms with Crippen molar-refractivity contribution in [2.45, 2.75) is 98.3 Å². The molecule has 0 heterocycles. The predicted octanol–water partition coefficient (Wildman–Crippen LogP) is 7.15.